The average molecular weight is 202 g/mol. The molecular weight excluding hydrogens is 193 g/mol. The van der Waals surface area contributed by atoms with Crippen LogP contribution in [0.25, 0.3) is 0 Å². The molecule has 0 bridgehead atoms. The highest BCUT2D eigenvalue weighted by Gasteiger charge is 2.21. The van der Waals surface area contributed by atoms with Crippen molar-refractivity contribution in [3.63, 3.8) is 0 Å². The van der Waals surface area contributed by atoms with E-state index in [1.807, 2.05) is 0 Å². The maximum atomic E-state index is 12.9. The lowest BCUT2D eigenvalue weighted by molar-refractivity contribution is 0.229. The number of fused-ring (bicyclic) bond motifs is 1. The number of rotatable bonds is 0. The number of hydrogen-bond donors (Lipinski definition) is 0. The third-order valence-electron chi connectivity index (χ3n) is 2.06. The second-order valence-corrected chi connectivity index (χ2v) is 3.69. The van der Waals surface area contributed by atoms with Gasteiger partial charge in [0.15, 0.2) is 11.6 Å². The molecule has 0 amide bonds. The molecule has 13 heavy (non-hydrogen) atoms. The molecule has 1 unspecified atom stereocenters. The third-order valence-corrected chi connectivity index (χ3v) is 2.41. The summed E-state index contributed by atoms with van der Waals surface area (Å²) in [4.78, 5) is 3.95. The minimum atomic E-state index is -0.519. The summed E-state index contributed by atoms with van der Waals surface area (Å²) in [5.41, 5.74) is 0.755. The zero-order chi connectivity index (χ0) is 9.42. The zero-order valence-corrected chi connectivity index (χ0v) is 7.94. The first-order chi connectivity index (χ1) is 6.18. The third kappa shape index (κ3) is 1.48. The van der Waals surface area contributed by atoms with Gasteiger partial charge in [-0.1, -0.05) is 18.5 Å². The normalized spacial score (nSPS) is 20.7. The van der Waals surface area contributed by atoms with Crippen LogP contribution in [0.15, 0.2) is 6.20 Å². The molecule has 0 saturated heterocycles. The summed E-state index contributed by atoms with van der Waals surface area (Å²) in [5.74, 6) is 0.316. The predicted molar refractivity (Wildman–Crippen MR) is 47.6 cm³/mol. The summed E-state index contributed by atoms with van der Waals surface area (Å²) in [6.45, 7) is 2.64. The fraction of sp³-hybridized carbons (Fsp3) is 0.444. The quantitative estimate of drug-likeness (QED) is 0.643. The van der Waals surface area contributed by atoms with Crippen molar-refractivity contribution in [3.8, 4) is 5.75 Å². The molecule has 2 rings (SSSR count). The van der Waals surface area contributed by atoms with E-state index in [1.54, 1.807) is 0 Å². The van der Waals surface area contributed by atoms with Crippen LogP contribution in [-0.2, 0) is 6.42 Å². The first-order valence-electron chi connectivity index (χ1n) is 4.14. The first-order valence-corrected chi connectivity index (χ1v) is 4.52. The Morgan fingerprint density at radius 2 is 2.46 bits per heavy atom. The SMILES string of the molecule is CC1COc2c(ncc(F)c2Cl)C1. The van der Waals surface area contributed by atoms with E-state index in [2.05, 4.69) is 11.9 Å². The predicted octanol–water partition coefficient (Wildman–Crippen LogP) is 2.45. The molecule has 1 aromatic heterocycles. The molecular formula is C9H9ClFNO. The topological polar surface area (TPSA) is 22.1 Å². The Balaban J connectivity index is 2.47. The van der Waals surface area contributed by atoms with E-state index in [9.17, 15) is 4.39 Å². The summed E-state index contributed by atoms with van der Waals surface area (Å²) in [6, 6.07) is 0. The van der Waals surface area contributed by atoms with Gasteiger partial charge in [0.05, 0.1) is 18.5 Å². The van der Waals surface area contributed by atoms with Crippen LogP contribution in [0, 0.1) is 11.7 Å². The highest BCUT2D eigenvalue weighted by atomic mass is 35.5. The summed E-state index contributed by atoms with van der Waals surface area (Å²) in [7, 11) is 0. The van der Waals surface area contributed by atoms with Crippen molar-refractivity contribution >= 4 is 11.6 Å². The largest absolute Gasteiger partial charge is 0.490 e. The molecule has 0 aliphatic carbocycles. The van der Waals surface area contributed by atoms with Gasteiger partial charge >= 0.3 is 0 Å². The van der Waals surface area contributed by atoms with E-state index < -0.39 is 5.82 Å². The molecule has 0 fully saturated rings. The lowest BCUT2D eigenvalue weighted by Gasteiger charge is -2.22. The second kappa shape index (κ2) is 3.14. The molecule has 2 nitrogen and oxygen atoms in total. The van der Waals surface area contributed by atoms with Gasteiger partial charge in [-0.3, -0.25) is 4.98 Å². The molecule has 4 heteroatoms. The molecule has 70 valence electrons. The van der Waals surface area contributed by atoms with E-state index in [0.717, 1.165) is 18.3 Å². The molecule has 1 atom stereocenters. The van der Waals surface area contributed by atoms with Gasteiger partial charge in [0.2, 0.25) is 0 Å². The molecule has 0 N–H and O–H groups in total. The Labute approximate surface area is 80.7 Å². The molecule has 1 aromatic rings. The maximum absolute atomic E-state index is 12.9. The van der Waals surface area contributed by atoms with Crippen LogP contribution in [0.2, 0.25) is 5.02 Å². The Kier molecular flexibility index (Phi) is 2.12. The maximum Gasteiger partial charge on any atom is 0.163 e. The molecule has 0 saturated carbocycles. The van der Waals surface area contributed by atoms with Gasteiger partial charge in [-0.05, 0) is 12.3 Å². The Bertz CT molecular complexity index is 343. The van der Waals surface area contributed by atoms with Gasteiger partial charge in [0.25, 0.3) is 0 Å². The molecule has 0 aromatic carbocycles. The number of ether oxygens (including phenoxy) is 1. The Morgan fingerprint density at radius 3 is 3.23 bits per heavy atom. The van der Waals surface area contributed by atoms with Crippen molar-refractivity contribution in [1.82, 2.24) is 4.98 Å². The van der Waals surface area contributed by atoms with Crippen molar-refractivity contribution < 1.29 is 9.13 Å². The van der Waals surface area contributed by atoms with Crippen molar-refractivity contribution in [2.24, 2.45) is 5.92 Å². The van der Waals surface area contributed by atoms with E-state index >= 15 is 0 Å². The standard InChI is InChI=1S/C9H9ClFNO/c1-5-2-7-9(13-4-5)8(10)6(11)3-12-7/h3,5H,2,4H2,1H3. The molecule has 0 radical (unpaired) electrons. The Morgan fingerprint density at radius 1 is 1.69 bits per heavy atom. The zero-order valence-electron chi connectivity index (χ0n) is 7.18. The summed E-state index contributed by atoms with van der Waals surface area (Å²) in [6.07, 6.45) is 1.94. The van der Waals surface area contributed by atoms with Crippen LogP contribution in [-0.4, -0.2) is 11.6 Å². The van der Waals surface area contributed by atoms with Crippen LogP contribution in [0.1, 0.15) is 12.6 Å². The molecule has 1 aliphatic heterocycles. The van der Waals surface area contributed by atoms with Gasteiger partial charge < -0.3 is 4.74 Å². The fourth-order valence-corrected chi connectivity index (χ4v) is 1.60. The van der Waals surface area contributed by atoms with E-state index in [0.29, 0.717) is 18.3 Å². The minimum absolute atomic E-state index is 0.0527. The molecule has 1 aliphatic rings. The summed E-state index contributed by atoms with van der Waals surface area (Å²) < 4.78 is 18.2. The lowest BCUT2D eigenvalue weighted by Crippen LogP contribution is -2.19. The van der Waals surface area contributed by atoms with Gasteiger partial charge in [-0.25, -0.2) is 4.39 Å². The van der Waals surface area contributed by atoms with Crippen LogP contribution in [0.3, 0.4) is 0 Å². The van der Waals surface area contributed by atoms with Crippen molar-refractivity contribution in [3.05, 3.63) is 22.7 Å². The number of halogens is 2. The van der Waals surface area contributed by atoms with Gasteiger partial charge in [0.1, 0.15) is 5.02 Å². The smallest absolute Gasteiger partial charge is 0.163 e. The average Bonchev–Trinajstić information content (AvgIpc) is 2.12. The number of pyridine rings is 1. The van der Waals surface area contributed by atoms with Gasteiger partial charge in [0, 0.05) is 0 Å². The van der Waals surface area contributed by atoms with Gasteiger partial charge in [-0.2, -0.15) is 0 Å². The number of aromatic nitrogens is 1. The molecule has 2 heterocycles. The van der Waals surface area contributed by atoms with Crippen molar-refractivity contribution in [2.75, 3.05) is 6.61 Å². The summed E-state index contributed by atoms with van der Waals surface area (Å²) in [5, 5.41) is 0.0527. The summed E-state index contributed by atoms with van der Waals surface area (Å²) >= 11 is 5.72. The Hall–Kier alpha value is -0.830. The van der Waals surface area contributed by atoms with Crippen LogP contribution in [0.4, 0.5) is 4.39 Å². The van der Waals surface area contributed by atoms with Crippen molar-refractivity contribution in [2.45, 2.75) is 13.3 Å². The monoisotopic (exact) mass is 201 g/mol. The van der Waals surface area contributed by atoms with E-state index in [-0.39, 0.29) is 5.02 Å². The van der Waals surface area contributed by atoms with Gasteiger partial charge in [-0.15, -0.1) is 0 Å². The van der Waals surface area contributed by atoms with Crippen LogP contribution < -0.4 is 4.74 Å². The first kappa shape index (κ1) is 8.75. The van der Waals surface area contributed by atoms with E-state index in [1.165, 1.54) is 0 Å². The number of hydrogen-bond acceptors (Lipinski definition) is 2. The minimum Gasteiger partial charge on any atom is -0.490 e. The van der Waals surface area contributed by atoms with Crippen molar-refractivity contribution in [1.29, 1.82) is 0 Å². The van der Waals surface area contributed by atoms with Crippen LogP contribution >= 0.6 is 11.6 Å². The highest BCUT2D eigenvalue weighted by molar-refractivity contribution is 6.32. The lowest BCUT2D eigenvalue weighted by atomic mass is 10.0. The number of nitrogens with zero attached hydrogens (tertiary/aromatic N) is 1. The van der Waals surface area contributed by atoms with Crippen LogP contribution in [0.5, 0.6) is 5.75 Å². The fourth-order valence-electron chi connectivity index (χ4n) is 1.39. The second-order valence-electron chi connectivity index (χ2n) is 3.32. The highest BCUT2D eigenvalue weighted by Crippen LogP contribution is 2.34. The molecule has 0 spiro atoms. The van der Waals surface area contributed by atoms with E-state index in [4.69, 9.17) is 16.3 Å².